The van der Waals surface area contributed by atoms with Gasteiger partial charge in [0.25, 0.3) is 0 Å². The van der Waals surface area contributed by atoms with E-state index >= 15 is 0 Å². The predicted octanol–water partition coefficient (Wildman–Crippen LogP) is 1.77. The highest BCUT2D eigenvalue weighted by Gasteiger charge is 2.10. The third-order valence-electron chi connectivity index (χ3n) is 2.41. The second-order valence-corrected chi connectivity index (χ2v) is 3.63. The van der Waals surface area contributed by atoms with Crippen molar-refractivity contribution in [2.45, 2.75) is 25.9 Å². The van der Waals surface area contributed by atoms with E-state index in [-0.39, 0.29) is 6.42 Å². The Labute approximate surface area is 94.5 Å². The number of hydrogen-bond donors (Lipinski definition) is 2. The number of methoxy groups -OCH3 is 1. The van der Waals surface area contributed by atoms with Crippen molar-refractivity contribution in [3.63, 3.8) is 0 Å². The molecule has 4 nitrogen and oxygen atoms in total. The quantitative estimate of drug-likeness (QED) is 0.799. The molecule has 1 atom stereocenters. The monoisotopic (exact) mass is 224 g/mol. The Kier molecular flexibility index (Phi) is 4.31. The van der Waals surface area contributed by atoms with Crippen LogP contribution in [0.4, 0.5) is 0 Å². The number of rotatable bonds is 5. The molecule has 1 rings (SSSR count). The fourth-order valence-electron chi connectivity index (χ4n) is 1.56. The minimum atomic E-state index is -0.840. The molecule has 4 heteroatoms. The van der Waals surface area contributed by atoms with Gasteiger partial charge < -0.3 is 14.9 Å². The van der Waals surface area contributed by atoms with Crippen molar-refractivity contribution >= 4 is 5.97 Å². The van der Waals surface area contributed by atoms with E-state index in [1.807, 2.05) is 0 Å². The maximum Gasteiger partial charge on any atom is 0.303 e. The normalized spacial score (nSPS) is 12.2. The maximum absolute atomic E-state index is 10.5. The van der Waals surface area contributed by atoms with Gasteiger partial charge in [-0.15, -0.1) is 0 Å². The van der Waals surface area contributed by atoms with Gasteiger partial charge in [0.05, 0.1) is 13.2 Å². The molecule has 0 aliphatic rings. The summed E-state index contributed by atoms with van der Waals surface area (Å²) in [5, 5.41) is 18.2. The Morgan fingerprint density at radius 3 is 2.69 bits per heavy atom. The van der Waals surface area contributed by atoms with Gasteiger partial charge in [0, 0.05) is 6.42 Å². The molecule has 0 heterocycles. The minimum Gasteiger partial charge on any atom is -0.497 e. The molecule has 1 unspecified atom stereocenters. The van der Waals surface area contributed by atoms with E-state index in [2.05, 4.69) is 0 Å². The summed E-state index contributed by atoms with van der Waals surface area (Å²) in [6.45, 7) is 1.65. The highest BCUT2D eigenvalue weighted by Crippen LogP contribution is 2.24. The minimum absolute atomic E-state index is 0.0616. The van der Waals surface area contributed by atoms with Gasteiger partial charge in [-0.05, 0) is 36.6 Å². The van der Waals surface area contributed by atoms with E-state index in [1.165, 1.54) is 0 Å². The summed E-state index contributed by atoms with van der Waals surface area (Å²) in [6.07, 6.45) is -0.148. The Hall–Kier alpha value is -1.55. The number of aliphatic hydroxyl groups excluding tert-OH is 1. The zero-order chi connectivity index (χ0) is 12.1. The van der Waals surface area contributed by atoms with Crippen molar-refractivity contribution in [3.05, 3.63) is 29.3 Å². The number of carbonyl (C=O) groups is 1. The number of carboxylic acids is 1. The van der Waals surface area contributed by atoms with Crippen LogP contribution in [0.3, 0.4) is 0 Å². The fraction of sp³-hybridized carbons (Fsp3) is 0.417. The van der Waals surface area contributed by atoms with Gasteiger partial charge in [-0.2, -0.15) is 0 Å². The number of aliphatic carboxylic acids is 1. The Morgan fingerprint density at radius 2 is 2.19 bits per heavy atom. The Balaban J connectivity index is 2.93. The van der Waals surface area contributed by atoms with Crippen molar-refractivity contribution in [1.82, 2.24) is 0 Å². The first-order valence-corrected chi connectivity index (χ1v) is 5.11. The van der Waals surface area contributed by atoms with Gasteiger partial charge in [-0.25, -0.2) is 0 Å². The maximum atomic E-state index is 10.5. The van der Waals surface area contributed by atoms with Crippen LogP contribution in [0.2, 0.25) is 0 Å². The van der Waals surface area contributed by atoms with Crippen molar-refractivity contribution in [3.8, 4) is 5.75 Å². The smallest absolute Gasteiger partial charge is 0.303 e. The topological polar surface area (TPSA) is 66.8 Å². The predicted molar refractivity (Wildman–Crippen MR) is 59.6 cm³/mol. The van der Waals surface area contributed by atoms with E-state index < -0.39 is 12.1 Å². The van der Waals surface area contributed by atoms with E-state index in [0.29, 0.717) is 12.2 Å². The van der Waals surface area contributed by atoms with Crippen molar-refractivity contribution < 1.29 is 19.7 Å². The van der Waals surface area contributed by atoms with Gasteiger partial charge in [0.2, 0.25) is 0 Å². The van der Waals surface area contributed by atoms with Crippen LogP contribution in [0.15, 0.2) is 18.2 Å². The van der Waals surface area contributed by atoms with Crippen LogP contribution >= 0.6 is 0 Å². The standard InChI is InChI=1S/C12H16O4/c1-8(13)11-7-10(16-2)5-3-9(11)4-6-12(14)15/h3,5,7-8,13H,4,6H2,1-2H3,(H,14,15). The number of aryl methyl sites for hydroxylation is 1. The van der Waals surface area contributed by atoms with Gasteiger partial charge in [0.15, 0.2) is 0 Å². The molecule has 0 radical (unpaired) electrons. The van der Waals surface area contributed by atoms with Crippen molar-refractivity contribution in [2.24, 2.45) is 0 Å². The Bertz CT molecular complexity index is 371. The summed E-state index contributed by atoms with van der Waals surface area (Å²) in [5.74, 6) is -0.178. The van der Waals surface area contributed by atoms with Crippen molar-refractivity contribution in [2.75, 3.05) is 7.11 Å². The summed E-state index contributed by atoms with van der Waals surface area (Å²) >= 11 is 0. The third-order valence-corrected chi connectivity index (χ3v) is 2.41. The molecular formula is C12H16O4. The molecule has 0 spiro atoms. The summed E-state index contributed by atoms with van der Waals surface area (Å²) in [4.78, 5) is 10.5. The molecule has 0 aromatic heterocycles. The largest absolute Gasteiger partial charge is 0.497 e. The second-order valence-electron chi connectivity index (χ2n) is 3.63. The molecule has 0 fully saturated rings. The molecule has 0 saturated carbocycles. The molecule has 88 valence electrons. The van der Waals surface area contributed by atoms with Gasteiger partial charge in [0.1, 0.15) is 5.75 Å². The highest BCUT2D eigenvalue weighted by atomic mass is 16.5. The highest BCUT2D eigenvalue weighted by molar-refractivity contribution is 5.67. The van der Waals surface area contributed by atoms with Crippen LogP contribution in [0.1, 0.15) is 30.6 Å². The number of ether oxygens (including phenoxy) is 1. The van der Waals surface area contributed by atoms with E-state index in [1.54, 1.807) is 32.2 Å². The van der Waals surface area contributed by atoms with Gasteiger partial charge in [-0.1, -0.05) is 6.07 Å². The summed E-state index contributed by atoms with van der Waals surface area (Å²) < 4.78 is 5.06. The molecule has 1 aromatic carbocycles. The van der Waals surface area contributed by atoms with Crippen LogP contribution in [-0.4, -0.2) is 23.3 Å². The third kappa shape index (κ3) is 3.24. The number of carboxylic acid groups (broad SMARTS) is 1. The molecule has 0 aliphatic carbocycles. The molecule has 1 aromatic rings. The Morgan fingerprint density at radius 1 is 1.50 bits per heavy atom. The zero-order valence-corrected chi connectivity index (χ0v) is 9.43. The van der Waals surface area contributed by atoms with Crippen molar-refractivity contribution in [1.29, 1.82) is 0 Å². The van der Waals surface area contributed by atoms with Crippen LogP contribution in [0.25, 0.3) is 0 Å². The lowest BCUT2D eigenvalue weighted by molar-refractivity contribution is -0.136. The molecule has 0 amide bonds. The fourth-order valence-corrected chi connectivity index (χ4v) is 1.56. The molecule has 0 aliphatic heterocycles. The van der Waals surface area contributed by atoms with E-state index in [9.17, 15) is 9.90 Å². The molecular weight excluding hydrogens is 208 g/mol. The van der Waals surface area contributed by atoms with Crippen LogP contribution in [0, 0.1) is 0 Å². The van der Waals surface area contributed by atoms with Gasteiger partial charge >= 0.3 is 5.97 Å². The summed E-state index contributed by atoms with van der Waals surface area (Å²) in [6, 6.07) is 5.30. The first kappa shape index (κ1) is 12.5. The van der Waals surface area contributed by atoms with Crippen LogP contribution in [0.5, 0.6) is 5.75 Å². The average Bonchev–Trinajstić information content (AvgIpc) is 2.25. The van der Waals surface area contributed by atoms with Gasteiger partial charge in [-0.3, -0.25) is 4.79 Å². The lowest BCUT2D eigenvalue weighted by Crippen LogP contribution is -2.03. The first-order valence-electron chi connectivity index (χ1n) is 5.11. The number of hydrogen-bond acceptors (Lipinski definition) is 3. The molecule has 0 bridgehead atoms. The average molecular weight is 224 g/mol. The van der Waals surface area contributed by atoms with Crippen LogP contribution in [-0.2, 0) is 11.2 Å². The molecule has 2 N–H and O–H groups in total. The second kappa shape index (κ2) is 5.51. The van der Waals surface area contributed by atoms with Crippen LogP contribution < -0.4 is 4.74 Å². The van der Waals surface area contributed by atoms with E-state index in [0.717, 1.165) is 11.1 Å². The summed E-state index contributed by atoms with van der Waals surface area (Å²) in [5.41, 5.74) is 1.57. The SMILES string of the molecule is COc1ccc(CCC(=O)O)c(C(C)O)c1. The lowest BCUT2D eigenvalue weighted by Gasteiger charge is -2.13. The molecule has 0 saturated heterocycles. The number of benzene rings is 1. The first-order chi connectivity index (χ1) is 7.54. The lowest BCUT2D eigenvalue weighted by atomic mass is 9.99. The molecule has 16 heavy (non-hydrogen) atoms. The summed E-state index contributed by atoms with van der Waals surface area (Å²) in [7, 11) is 1.55. The van der Waals surface area contributed by atoms with E-state index in [4.69, 9.17) is 9.84 Å². The number of aliphatic hydroxyl groups is 1. The zero-order valence-electron chi connectivity index (χ0n) is 9.43.